The molecule has 0 saturated carbocycles. The van der Waals surface area contributed by atoms with Crippen LogP contribution in [0.1, 0.15) is 49.9 Å². The van der Waals surface area contributed by atoms with Gasteiger partial charge in [-0.2, -0.15) is 4.31 Å². The highest BCUT2D eigenvalue weighted by molar-refractivity contribution is 7.89. The fourth-order valence-corrected chi connectivity index (χ4v) is 5.99. The zero-order valence-corrected chi connectivity index (χ0v) is 22.1. The van der Waals surface area contributed by atoms with Gasteiger partial charge in [0.1, 0.15) is 6.04 Å². The molecule has 1 aliphatic heterocycles. The van der Waals surface area contributed by atoms with Crippen molar-refractivity contribution in [3.8, 4) is 0 Å². The Labute approximate surface area is 221 Å². The molecule has 200 valence electrons. The van der Waals surface area contributed by atoms with Gasteiger partial charge >= 0.3 is 0 Å². The molecule has 0 aliphatic carbocycles. The Hall–Kier alpha value is -3.70. The van der Waals surface area contributed by atoms with E-state index in [9.17, 15) is 22.8 Å². The number of carbonyl (C=O) groups is 3. The predicted octanol–water partition coefficient (Wildman–Crippen LogP) is 2.66. The number of hydrogen-bond acceptors (Lipinski definition) is 7. The van der Waals surface area contributed by atoms with Crippen molar-refractivity contribution in [3.05, 3.63) is 66.5 Å². The number of rotatable bonds is 8. The molecule has 0 bridgehead atoms. The van der Waals surface area contributed by atoms with Crippen molar-refractivity contribution in [1.29, 1.82) is 0 Å². The van der Waals surface area contributed by atoms with Gasteiger partial charge in [0, 0.05) is 30.7 Å². The second kappa shape index (κ2) is 11.8. The topological polar surface area (TPSA) is 138 Å². The number of sulfonamides is 1. The molecule has 1 saturated heterocycles. The van der Waals surface area contributed by atoms with Crippen LogP contribution in [0.2, 0.25) is 0 Å². The molecule has 1 unspecified atom stereocenters. The van der Waals surface area contributed by atoms with E-state index in [0.717, 1.165) is 4.31 Å². The fraction of sp³-hybridized carbons (Fsp3) is 0.370. The largest absolute Gasteiger partial charge is 0.340 e. The first kappa shape index (κ1) is 27.3. The minimum Gasteiger partial charge on any atom is -0.340 e. The lowest BCUT2D eigenvalue weighted by molar-refractivity contribution is -0.131. The first-order chi connectivity index (χ1) is 18.2. The Kier molecular flexibility index (Phi) is 8.48. The van der Waals surface area contributed by atoms with Crippen LogP contribution in [0.15, 0.2) is 66.0 Å². The first-order valence-corrected chi connectivity index (χ1v) is 14.0. The van der Waals surface area contributed by atoms with Crippen molar-refractivity contribution in [2.24, 2.45) is 5.92 Å². The lowest BCUT2D eigenvalue weighted by Gasteiger charge is -2.30. The van der Waals surface area contributed by atoms with Crippen molar-refractivity contribution >= 4 is 38.5 Å². The zero-order chi connectivity index (χ0) is 27.3. The molecule has 1 aromatic carbocycles. The third kappa shape index (κ3) is 6.05. The normalized spacial score (nSPS) is 17.7. The van der Waals surface area contributed by atoms with Gasteiger partial charge in [-0.1, -0.05) is 38.1 Å². The SMILES string of the molecule is CC(C)CC(NC(=O)c1ccnc2ccccc12)C(=O)N[C@@H]1C(=O)CCCCN1S(=O)(=O)c1ccccn1. The van der Waals surface area contributed by atoms with Crippen LogP contribution in [0.3, 0.4) is 0 Å². The predicted molar refractivity (Wildman–Crippen MR) is 141 cm³/mol. The Bertz CT molecular complexity index is 1420. The molecule has 0 radical (unpaired) electrons. The standard InChI is InChI=1S/C27H31N5O5S/c1-18(2)17-22(30-26(34)20-13-15-28-21-10-4-3-9-19(20)21)27(35)31-25-23(33)11-6-8-16-32(25)38(36,37)24-12-5-7-14-29-24/h3-5,7,9-10,12-15,18,22,25H,6,8,11,16-17H2,1-2H3,(H,30,34)(H,31,35)/t22?,25-/m0/s1. The second-order valence-electron chi connectivity index (χ2n) is 9.65. The summed E-state index contributed by atoms with van der Waals surface area (Å²) in [5, 5.41) is 5.87. The number of ketones is 1. The number of benzene rings is 1. The number of carbonyl (C=O) groups excluding carboxylic acids is 3. The van der Waals surface area contributed by atoms with Crippen molar-refractivity contribution < 1.29 is 22.8 Å². The number of amides is 2. The average Bonchev–Trinajstić information content (AvgIpc) is 3.09. The Morgan fingerprint density at radius 1 is 1.03 bits per heavy atom. The molecular formula is C27H31N5O5S. The molecule has 4 rings (SSSR count). The second-order valence-corrected chi connectivity index (χ2v) is 11.5. The number of fused-ring (bicyclic) bond motifs is 1. The van der Waals surface area contributed by atoms with Crippen molar-refractivity contribution in [2.45, 2.75) is 56.8 Å². The van der Waals surface area contributed by atoms with Crippen LogP contribution in [-0.4, -0.2) is 59.0 Å². The molecule has 38 heavy (non-hydrogen) atoms. The summed E-state index contributed by atoms with van der Waals surface area (Å²) in [6.07, 6.45) is 2.87. The van der Waals surface area contributed by atoms with Gasteiger partial charge in [-0.25, -0.2) is 13.4 Å². The Balaban J connectivity index is 1.60. The highest BCUT2D eigenvalue weighted by atomic mass is 32.2. The van der Waals surface area contributed by atoms with Gasteiger partial charge in [-0.05, 0) is 49.4 Å². The fourth-order valence-electron chi connectivity index (χ4n) is 4.49. The molecule has 3 heterocycles. The van der Waals surface area contributed by atoms with Gasteiger partial charge in [0.05, 0.1) is 11.1 Å². The number of hydrogen-bond donors (Lipinski definition) is 2. The number of para-hydroxylation sites is 1. The van der Waals surface area contributed by atoms with E-state index < -0.39 is 39.8 Å². The highest BCUT2D eigenvalue weighted by Gasteiger charge is 2.39. The summed E-state index contributed by atoms with van der Waals surface area (Å²) in [4.78, 5) is 48.1. The monoisotopic (exact) mass is 537 g/mol. The molecule has 2 amide bonds. The molecule has 1 fully saturated rings. The van der Waals surface area contributed by atoms with Crippen LogP contribution < -0.4 is 10.6 Å². The van der Waals surface area contributed by atoms with E-state index in [1.807, 2.05) is 19.9 Å². The molecule has 2 atom stereocenters. The minimum atomic E-state index is -4.16. The first-order valence-electron chi connectivity index (χ1n) is 12.6. The number of aromatic nitrogens is 2. The van der Waals surface area contributed by atoms with Gasteiger partial charge in [0.2, 0.25) is 5.91 Å². The molecule has 2 N–H and O–H groups in total. The molecule has 3 aromatic rings. The van der Waals surface area contributed by atoms with E-state index >= 15 is 0 Å². The summed E-state index contributed by atoms with van der Waals surface area (Å²) < 4.78 is 27.8. The molecule has 10 nitrogen and oxygen atoms in total. The van der Waals surface area contributed by atoms with Crippen molar-refractivity contribution in [2.75, 3.05) is 6.54 Å². The third-order valence-corrected chi connectivity index (χ3v) is 8.14. The van der Waals surface area contributed by atoms with E-state index in [-0.39, 0.29) is 30.3 Å². The summed E-state index contributed by atoms with van der Waals surface area (Å²) in [6.45, 7) is 3.87. The van der Waals surface area contributed by atoms with Crippen LogP contribution in [0.4, 0.5) is 0 Å². The molecule has 2 aromatic heterocycles. The van der Waals surface area contributed by atoms with Gasteiger partial charge in [-0.3, -0.25) is 19.4 Å². The number of nitrogens with one attached hydrogen (secondary N) is 2. The summed E-state index contributed by atoms with van der Waals surface area (Å²) in [5.74, 6) is -1.48. The maximum atomic E-state index is 13.5. The van der Waals surface area contributed by atoms with E-state index in [0.29, 0.717) is 29.3 Å². The lowest BCUT2D eigenvalue weighted by atomic mass is 10.0. The minimum absolute atomic E-state index is 0.0263. The van der Waals surface area contributed by atoms with Crippen LogP contribution >= 0.6 is 0 Å². The van der Waals surface area contributed by atoms with Gasteiger partial charge < -0.3 is 10.6 Å². The van der Waals surface area contributed by atoms with Gasteiger partial charge in [0.25, 0.3) is 15.9 Å². The maximum Gasteiger partial charge on any atom is 0.262 e. The smallest absolute Gasteiger partial charge is 0.262 e. The van der Waals surface area contributed by atoms with Crippen LogP contribution in [-0.2, 0) is 19.6 Å². The number of pyridine rings is 2. The van der Waals surface area contributed by atoms with Gasteiger partial charge in [-0.15, -0.1) is 0 Å². The summed E-state index contributed by atoms with van der Waals surface area (Å²) in [7, 11) is -4.16. The lowest BCUT2D eigenvalue weighted by Crippen LogP contribution is -2.58. The van der Waals surface area contributed by atoms with Crippen LogP contribution in [0, 0.1) is 5.92 Å². The highest BCUT2D eigenvalue weighted by Crippen LogP contribution is 2.22. The quantitative estimate of drug-likeness (QED) is 0.450. The maximum absolute atomic E-state index is 13.5. The number of nitrogens with zero attached hydrogens (tertiary/aromatic N) is 3. The summed E-state index contributed by atoms with van der Waals surface area (Å²) in [5.41, 5.74) is 1.01. The zero-order valence-electron chi connectivity index (χ0n) is 21.3. The average molecular weight is 538 g/mol. The van der Waals surface area contributed by atoms with E-state index in [4.69, 9.17) is 0 Å². The van der Waals surface area contributed by atoms with Crippen LogP contribution in [0.5, 0.6) is 0 Å². The van der Waals surface area contributed by atoms with Crippen molar-refractivity contribution in [3.63, 3.8) is 0 Å². The Morgan fingerprint density at radius 2 is 1.79 bits per heavy atom. The Morgan fingerprint density at radius 3 is 2.53 bits per heavy atom. The van der Waals surface area contributed by atoms with E-state index in [1.54, 1.807) is 36.4 Å². The molecule has 1 aliphatic rings. The molecule has 0 spiro atoms. The van der Waals surface area contributed by atoms with Crippen molar-refractivity contribution in [1.82, 2.24) is 24.9 Å². The van der Waals surface area contributed by atoms with E-state index in [1.165, 1.54) is 18.5 Å². The molecule has 11 heteroatoms. The number of Topliss-reactive ketones (excluding diaryl/α,β-unsaturated/α-hetero) is 1. The molecular weight excluding hydrogens is 506 g/mol. The summed E-state index contributed by atoms with van der Waals surface area (Å²) in [6, 6.07) is 12.3. The third-order valence-electron chi connectivity index (χ3n) is 6.36. The van der Waals surface area contributed by atoms with Gasteiger partial charge in [0.15, 0.2) is 17.0 Å². The van der Waals surface area contributed by atoms with Crippen LogP contribution in [0.25, 0.3) is 10.9 Å². The summed E-state index contributed by atoms with van der Waals surface area (Å²) >= 11 is 0. The van der Waals surface area contributed by atoms with E-state index in [2.05, 4.69) is 20.6 Å².